The molecule has 5 N–H and O–H groups in total. The van der Waals surface area contributed by atoms with Crippen molar-refractivity contribution in [2.24, 2.45) is 34.5 Å². The van der Waals surface area contributed by atoms with E-state index in [1.54, 1.807) is 0 Å². The molecule has 4 aliphatic rings. The number of aliphatic carboxylic acids is 1. The first kappa shape index (κ1) is 19.6. The van der Waals surface area contributed by atoms with Gasteiger partial charge in [0.25, 0.3) is 0 Å². The fourth-order valence-corrected chi connectivity index (χ4v) is 8.05. The first-order valence-electron chi connectivity index (χ1n) is 10.5. The molecule has 0 aromatic heterocycles. The Morgan fingerprint density at radius 2 is 1.78 bits per heavy atom. The SMILES string of the molecule is C[C@]12CC[C@@H](O)C[C@H]1CC[C@@H]1[C@@H]2[C@@H](O)C[C@@]2(C)[C@H]1CC[C@]2(O)[C@H](O)C(=O)O. The molecular weight excluding hydrogens is 348 g/mol. The van der Waals surface area contributed by atoms with E-state index in [0.29, 0.717) is 18.8 Å². The van der Waals surface area contributed by atoms with E-state index in [1.165, 1.54) is 0 Å². The fraction of sp³-hybridized carbons (Fsp3) is 0.952. The first-order valence-corrected chi connectivity index (χ1v) is 10.5. The number of hydrogen-bond acceptors (Lipinski definition) is 5. The van der Waals surface area contributed by atoms with Crippen LogP contribution in [0.3, 0.4) is 0 Å². The molecule has 0 aromatic carbocycles. The average molecular weight is 382 g/mol. The largest absolute Gasteiger partial charge is 0.479 e. The van der Waals surface area contributed by atoms with Crippen LogP contribution in [0.5, 0.6) is 0 Å². The van der Waals surface area contributed by atoms with Crippen LogP contribution in [0.4, 0.5) is 0 Å². The van der Waals surface area contributed by atoms with Crippen molar-refractivity contribution in [3.8, 4) is 0 Å². The van der Waals surface area contributed by atoms with Gasteiger partial charge in [-0.3, -0.25) is 0 Å². The third-order valence-electron chi connectivity index (χ3n) is 9.47. The monoisotopic (exact) mass is 382 g/mol. The zero-order valence-electron chi connectivity index (χ0n) is 16.3. The quantitative estimate of drug-likeness (QED) is 0.494. The summed E-state index contributed by atoms with van der Waals surface area (Å²) < 4.78 is 0. The fourth-order valence-electron chi connectivity index (χ4n) is 8.05. The van der Waals surface area contributed by atoms with Gasteiger partial charge in [0.15, 0.2) is 6.10 Å². The topological polar surface area (TPSA) is 118 Å². The molecular formula is C21H34O6. The van der Waals surface area contributed by atoms with E-state index in [2.05, 4.69) is 6.92 Å². The van der Waals surface area contributed by atoms with Crippen molar-refractivity contribution in [1.82, 2.24) is 0 Å². The molecule has 0 aliphatic heterocycles. The van der Waals surface area contributed by atoms with E-state index in [0.717, 1.165) is 32.1 Å². The smallest absolute Gasteiger partial charge is 0.335 e. The Labute approximate surface area is 160 Å². The Bertz CT molecular complexity index is 624. The van der Waals surface area contributed by atoms with Crippen LogP contribution in [0.15, 0.2) is 0 Å². The van der Waals surface area contributed by atoms with Gasteiger partial charge in [0.2, 0.25) is 0 Å². The molecule has 0 radical (unpaired) electrons. The lowest BCUT2D eigenvalue weighted by molar-refractivity contribution is -0.223. The van der Waals surface area contributed by atoms with E-state index in [1.807, 2.05) is 6.92 Å². The summed E-state index contributed by atoms with van der Waals surface area (Å²) in [6.45, 7) is 4.13. The van der Waals surface area contributed by atoms with Gasteiger partial charge in [-0.2, -0.15) is 0 Å². The number of aliphatic hydroxyl groups excluding tert-OH is 3. The van der Waals surface area contributed by atoms with E-state index in [4.69, 9.17) is 0 Å². The van der Waals surface area contributed by atoms with Crippen LogP contribution in [-0.2, 0) is 4.79 Å². The van der Waals surface area contributed by atoms with Crippen molar-refractivity contribution in [3.63, 3.8) is 0 Å². The molecule has 0 unspecified atom stereocenters. The molecule has 0 amide bonds. The van der Waals surface area contributed by atoms with Gasteiger partial charge in [-0.1, -0.05) is 13.8 Å². The van der Waals surface area contributed by atoms with Crippen LogP contribution in [0, 0.1) is 34.5 Å². The third kappa shape index (κ3) is 2.49. The molecule has 10 atom stereocenters. The highest BCUT2D eigenvalue weighted by molar-refractivity contribution is 5.74. The number of carboxylic acids is 1. The second-order valence-corrected chi connectivity index (χ2v) is 10.4. The normalized spacial score (nSPS) is 55.9. The zero-order chi connectivity index (χ0) is 19.8. The number of hydrogen-bond donors (Lipinski definition) is 5. The van der Waals surface area contributed by atoms with Crippen LogP contribution in [0.1, 0.15) is 65.2 Å². The summed E-state index contributed by atoms with van der Waals surface area (Å²) in [5.41, 5.74) is -2.52. The minimum absolute atomic E-state index is 0.0188. The standard InChI is InChI=1S/C21H34O6/c1-19-7-5-12(22)9-11(19)3-4-13-14-6-8-21(27,17(24)18(25)26)20(14,2)10-15(23)16(13)19/h11-17,22-24,27H,3-10H2,1-2H3,(H,25,26)/t11-,12-,13+,14+,15+,16-,17-,19+,20+,21+/m1/s1. The predicted molar refractivity (Wildman–Crippen MR) is 97.7 cm³/mol. The van der Waals surface area contributed by atoms with E-state index >= 15 is 0 Å². The van der Waals surface area contributed by atoms with Crippen molar-refractivity contribution in [3.05, 3.63) is 0 Å². The number of fused-ring (bicyclic) bond motifs is 5. The highest BCUT2D eigenvalue weighted by atomic mass is 16.4. The van der Waals surface area contributed by atoms with E-state index in [9.17, 15) is 30.3 Å². The van der Waals surface area contributed by atoms with Crippen molar-refractivity contribution in [2.45, 2.75) is 89.1 Å². The molecule has 0 saturated heterocycles. The molecule has 0 spiro atoms. The molecule has 6 heteroatoms. The molecule has 0 heterocycles. The summed E-state index contributed by atoms with van der Waals surface area (Å²) in [5.74, 6) is -0.537. The van der Waals surface area contributed by atoms with Crippen LogP contribution < -0.4 is 0 Å². The van der Waals surface area contributed by atoms with Gasteiger partial charge in [0, 0.05) is 5.41 Å². The summed E-state index contributed by atoms with van der Waals surface area (Å²) in [6.07, 6.45) is 3.01. The van der Waals surface area contributed by atoms with E-state index < -0.39 is 29.2 Å². The average Bonchev–Trinajstić information content (AvgIpc) is 2.86. The van der Waals surface area contributed by atoms with Gasteiger partial charge in [-0.05, 0) is 80.5 Å². The lowest BCUT2D eigenvalue weighted by Gasteiger charge is -2.63. The summed E-state index contributed by atoms with van der Waals surface area (Å²) in [7, 11) is 0. The van der Waals surface area contributed by atoms with Crippen molar-refractivity contribution in [2.75, 3.05) is 0 Å². The number of aliphatic hydroxyl groups is 4. The second-order valence-electron chi connectivity index (χ2n) is 10.4. The molecule has 4 saturated carbocycles. The van der Waals surface area contributed by atoms with Crippen LogP contribution in [0.25, 0.3) is 0 Å². The lowest BCUT2D eigenvalue weighted by atomic mass is 9.43. The second kappa shape index (κ2) is 6.15. The van der Waals surface area contributed by atoms with Gasteiger partial charge >= 0.3 is 5.97 Å². The molecule has 6 nitrogen and oxygen atoms in total. The summed E-state index contributed by atoms with van der Waals surface area (Å²) in [5, 5.41) is 52.2. The summed E-state index contributed by atoms with van der Waals surface area (Å²) in [4.78, 5) is 11.4. The summed E-state index contributed by atoms with van der Waals surface area (Å²) in [6, 6.07) is 0. The van der Waals surface area contributed by atoms with Crippen molar-refractivity contribution in [1.29, 1.82) is 0 Å². The van der Waals surface area contributed by atoms with Crippen LogP contribution >= 0.6 is 0 Å². The highest BCUT2D eigenvalue weighted by Gasteiger charge is 2.69. The highest BCUT2D eigenvalue weighted by Crippen LogP contribution is 2.68. The lowest BCUT2D eigenvalue weighted by Crippen LogP contribution is -2.64. The summed E-state index contributed by atoms with van der Waals surface area (Å²) >= 11 is 0. The number of carboxylic acid groups (broad SMARTS) is 1. The third-order valence-corrected chi connectivity index (χ3v) is 9.47. The number of rotatable bonds is 2. The maximum Gasteiger partial charge on any atom is 0.335 e. The van der Waals surface area contributed by atoms with Gasteiger partial charge < -0.3 is 25.5 Å². The Hall–Kier alpha value is -0.690. The molecule has 4 rings (SSSR count). The van der Waals surface area contributed by atoms with Crippen LogP contribution in [0.2, 0.25) is 0 Å². The maximum atomic E-state index is 11.4. The molecule has 0 aromatic rings. The molecule has 27 heavy (non-hydrogen) atoms. The predicted octanol–water partition coefficient (Wildman–Crippen LogP) is 1.54. The maximum absolute atomic E-state index is 11.4. The molecule has 154 valence electrons. The van der Waals surface area contributed by atoms with Gasteiger partial charge in [0.05, 0.1) is 12.2 Å². The minimum atomic E-state index is -1.83. The molecule has 4 aliphatic carbocycles. The minimum Gasteiger partial charge on any atom is -0.479 e. The molecule has 4 fully saturated rings. The van der Waals surface area contributed by atoms with Gasteiger partial charge in [0.1, 0.15) is 5.60 Å². The van der Waals surface area contributed by atoms with Gasteiger partial charge in [-0.25, -0.2) is 4.79 Å². The zero-order valence-corrected chi connectivity index (χ0v) is 16.3. The Morgan fingerprint density at radius 3 is 2.44 bits per heavy atom. The Kier molecular flexibility index (Phi) is 4.47. The number of carbonyl (C=O) groups is 1. The van der Waals surface area contributed by atoms with Gasteiger partial charge in [-0.15, -0.1) is 0 Å². The van der Waals surface area contributed by atoms with Crippen molar-refractivity contribution < 1.29 is 30.3 Å². The Morgan fingerprint density at radius 1 is 1.07 bits per heavy atom. The Balaban J connectivity index is 1.68. The van der Waals surface area contributed by atoms with Crippen LogP contribution in [-0.4, -0.2) is 55.4 Å². The van der Waals surface area contributed by atoms with Crippen molar-refractivity contribution >= 4 is 5.97 Å². The first-order chi connectivity index (χ1) is 12.5. The van der Waals surface area contributed by atoms with E-state index in [-0.39, 0.29) is 35.7 Å². The molecule has 0 bridgehead atoms.